The van der Waals surface area contributed by atoms with Crippen LogP contribution in [0.4, 0.5) is 10.5 Å². The van der Waals surface area contributed by atoms with Crippen molar-refractivity contribution in [2.75, 3.05) is 10.9 Å². The lowest BCUT2D eigenvalue weighted by Gasteiger charge is -2.34. The van der Waals surface area contributed by atoms with Gasteiger partial charge in [0.15, 0.2) is 0 Å². The number of nitrogens with zero attached hydrogens (tertiary/aromatic N) is 1. The summed E-state index contributed by atoms with van der Waals surface area (Å²) in [4.78, 5) is 12.4. The highest BCUT2D eigenvalue weighted by molar-refractivity contribution is 7.89. The second kappa shape index (κ2) is 13.6. The Hall–Kier alpha value is -1.60. The molecule has 0 aliphatic heterocycles. The number of carboxylic acid groups (broad SMARTS) is 1. The van der Waals surface area contributed by atoms with Crippen LogP contribution in [0.3, 0.4) is 0 Å². The van der Waals surface area contributed by atoms with E-state index in [0.29, 0.717) is 21.9 Å². The van der Waals surface area contributed by atoms with E-state index in [1.54, 1.807) is 0 Å². The van der Waals surface area contributed by atoms with Crippen molar-refractivity contribution in [3.05, 3.63) is 28.8 Å². The summed E-state index contributed by atoms with van der Waals surface area (Å²) in [6, 6.07) is 3.75. The molecule has 0 bridgehead atoms. The van der Waals surface area contributed by atoms with E-state index in [4.69, 9.17) is 4.18 Å². The lowest BCUT2D eigenvalue weighted by molar-refractivity contribution is 0.204. The molecule has 202 valence electrons. The first-order chi connectivity index (χ1) is 16.1. The Morgan fingerprint density at radius 3 is 1.60 bits per heavy atom. The minimum Gasteiger partial charge on any atom is -0.464 e. The van der Waals surface area contributed by atoms with Crippen LogP contribution in [0.15, 0.2) is 12.1 Å². The lowest BCUT2D eigenvalue weighted by atomic mass is 9.77. The van der Waals surface area contributed by atoms with Crippen molar-refractivity contribution in [3.8, 4) is 0 Å². The zero-order valence-corrected chi connectivity index (χ0v) is 24.2. The molecule has 1 rings (SSSR count). The average molecular weight is 512 g/mol. The van der Waals surface area contributed by atoms with Gasteiger partial charge in [0.1, 0.15) is 0 Å². The fourth-order valence-corrected chi connectivity index (χ4v) is 5.30. The summed E-state index contributed by atoms with van der Waals surface area (Å²) in [5, 5.41) is 10.1. The molecule has 0 atom stereocenters. The summed E-state index contributed by atoms with van der Waals surface area (Å²) in [7, 11) is -4.53. The molecule has 0 radical (unpaired) electrons. The zero-order chi connectivity index (χ0) is 26.9. The Labute approximate surface area is 214 Å². The Balaban J connectivity index is 2.97. The molecule has 0 aliphatic rings. The van der Waals surface area contributed by atoms with Gasteiger partial charge in [-0.3, -0.25) is 4.18 Å². The largest absolute Gasteiger partial charge is 0.464 e. The first-order valence-electron chi connectivity index (χ1n) is 13.2. The molecule has 1 aromatic carbocycles. The van der Waals surface area contributed by atoms with E-state index in [9.17, 15) is 18.3 Å². The van der Waals surface area contributed by atoms with Crippen molar-refractivity contribution in [2.45, 2.75) is 130 Å². The molecule has 0 aliphatic carbocycles. The molecule has 0 unspecified atom stereocenters. The van der Waals surface area contributed by atoms with E-state index in [1.807, 2.05) is 60.6 Å². The number of hydrogen-bond donors (Lipinski definition) is 1. The van der Waals surface area contributed by atoms with E-state index in [2.05, 4.69) is 6.92 Å². The van der Waals surface area contributed by atoms with Crippen LogP contribution >= 0.6 is 0 Å². The highest BCUT2D eigenvalue weighted by atomic mass is 32.2. The molecule has 1 aromatic rings. The first-order valence-corrected chi connectivity index (χ1v) is 14.6. The Kier molecular flexibility index (Phi) is 12.2. The lowest BCUT2D eigenvalue weighted by Crippen LogP contribution is -2.40. The number of anilines is 1. The van der Waals surface area contributed by atoms with E-state index in [-0.39, 0.29) is 12.3 Å². The van der Waals surface area contributed by atoms with Gasteiger partial charge in [-0.15, -0.1) is 4.31 Å². The maximum Gasteiger partial charge on any atom is 0.427 e. The van der Waals surface area contributed by atoms with Gasteiger partial charge in [0.2, 0.25) is 0 Å². The van der Waals surface area contributed by atoms with Gasteiger partial charge in [0.05, 0.1) is 12.3 Å². The molecule has 1 amide bonds. The van der Waals surface area contributed by atoms with Crippen molar-refractivity contribution in [1.82, 2.24) is 0 Å². The zero-order valence-electron chi connectivity index (χ0n) is 23.4. The Bertz CT molecular complexity index is 875. The van der Waals surface area contributed by atoms with Crippen LogP contribution in [-0.2, 0) is 25.3 Å². The van der Waals surface area contributed by atoms with Crippen molar-refractivity contribution in [1.29, 1.82) is 0 Å². The predicted molar refractivity (Wildman–Crippen MR) is 146 cm³/mol. The highest BCUT2D eigenvalue weighted by Gasteiger charge is 2.38. The number of rotatable bonds is 14. The number of benzene rings is 1. The van der Waals surface area contributed by atoms with Gasteiger partial charge < -0.3 is 5.11 Å². The molecular formula is C28H49NO5S. The van der Waals surface area contributed by atoms with Crippen LogP contribution in [0.1, 0.15) is 129 Å². The molecule has 6 nitrogen and oxygen atoms in total. The molecule has 7 heteroatoms. The number of aryl methyl sites for hydroxylation is 1. The summed E-state index contributed by atoms with van der Waals surface area (Å²) in [6.45, 7) is 15.9. The minimum absolute atomic E-state index is 0.0236. The number of unbranched alkanes of at least 4 members (excludes halogenated alkanes) is 9. The summed E-state index contributed by atoms with van der Waals surface area (Å²) < 4.78 is 32.1. The fourth-order valence-electron chi connectivity index (χ4n) is 4.25. The third-order valence-corrected chi connectivity index (χ3v) is 7.45. The third-order valence-electron chi connectivity index (χ3n) is 6.20. The smallest absolute Gasteiger partial charge is 0.427 e. The molecule has 0 heterocycles. The van der Waals surface area contributed by atoms with Gasteiger partial charge >= 0.3 is 16.4 Å². The molecule has 0 saturated heterocycles. The van der Waals surface area contributed by atoms with Crippen molar-refractivity contribution < 1.29 is 22.5 Å². The van der Waals surface area contributed by atoms with Gasteiger partial charge in [-0.25, -0.2) is 4.79 Å². The van der Waals surface area contributed by atoms with Gasteiger partial charge in [-0.1, -0.05) is 124 Å². The third kappa shape index (κ3) is 10.1. The van der Waals surface area contributed by atoms with Crippen LogP contribution in [0.2, 0.25) is 0 Å². The molecule has 0 aromatic heterocycles. The molecule has 0 spiro atoms. The summed E-state index contributed by atoms with van der Waals surface area (Å²) >= 11 is 0. The van der Waals surface area contributed by atoms with E-state index >= 15 is 0 Å². The highest BCUT2D eigenvalue weighted by Crippen LogP contribution is 2.42. The van der Waals surface area contributed by atoms with Crippen molar-refractivity contribution in [3.63, 3.8) is 0 Å². The monoisotopic (exact) mass is 511 g/mol. The summed E-state index contributed by atoms with van der Waals surface area (Å²) in [6.07, 6.45) is 9.63. The van der Waals surface area contributed by atoms with Crippen molar-refractivity contribution in [2.24, 2.45) is 0 Å². The molecule has 35 heavy (non-hydrogen) atoms. The topological polar surface area (TPSA) is 83.9 Å². The van der Waals surface area contributed by atoms with Gasteiger partial charge in [0.25, 0.3) is 0 Å². The standard InChI is InChI=1S/C28H49NO5S/c1-9-10-11-12-13-14-15-16-17-18-19-34-35(32,33)29(26(30)31)25-23(27(3,4)5)20-22(2)21-24(25)28(6,7)8/h20-21H,9-19H2,1-8H3,(H,30,31). The first kappa shape index (κ1) is 31.4. The van der Waals surface area contributed by atoms with Crippen molar-refractivity contribution >= 4 is 22.1 Å². The molecular weight excluding hydrogens is 462 g/mol. The number of amides is 1. The predicted octanol–water partition coefficient (Wildman–Crippen LogP) is 8.26. The maximum atomic E-state index is 13.2. The van der Waals surface area contributed by atoms with Crippen LogP contribution in [0.25, 0.3) is 0 Å². The van der Waals surface area contributed by atoms with Gasteiger partial charge in [-0.05, 0) is 35.3 Å². The minimum atomic E-state index is -4.53. The second-order valence-electron chi connectivity index (χ2n) is 11.7. The van der Waals surface area contributed by atoms with Crippen LogP contribution in [0, 0.1) is 6.92 Å². The van der Waals surface area contributed by atoms with Crippen LogP contribution < -0.4 is 4.31 Å². The van der Waals surface area contributed by atoms with E-state index in [0.717, 1.165) is 24.8 Å². The van der Waals surface area contributed by atoms with Crippen LogP contribution in [0.5, 0.6) is 0 Å². The molecule has 0 saturated carbocycles. The molecule has 0 fully saturated rings. The SMILES string of the molecule is CCCCCCCCCCCCOS(=O)(=O)N(C(=O)O)c1c(C(C)(C)C)cc(C)cc1C(C)(C)C. The van der Waals surface area contributed by atoms with Crippen LogP contribution in [-0.4, -0.2) is 26.2 Å². The average Bonchev–Trinajstić information content (AvgIpc) is 2.71. The quantitative estimate of drug-likeness (QED) is 0.254. The number of carbonyl (C=O) groups is 1. The summed E-state index contributed by atoms with van der Waals surface area (Å²) in [5.74, 6) is 0. The van der Waals surface area contributed by atoms with Gasteiger partial charge in [0, 0.05) is 0 Å². The van der Waals surface area contributed by atoms with E-state index < -0.39 is 27.2 Å². The fraction of sp³-hybridized carbons (Fsp3) is 0.750. The van der Waals surface area contributed by atoms with Gasteiger partial charge in [-0.2, -0.15) is 8.42 Å². The Morgan fingerprint density at radius 2 is 1.23 bits per heavy atom. The maximum absolute atomic E-state index is 13.2. The normalized spacial score (nSPS) is 12.7. The second-order valence-corrected chi connectivity index (χ2v) is 13.2. The van der Waals surface area contributed by atoms with E-state index in [1.165, 1.54) is 38.5 Å². The molecule has 1 N–H and O–H groups in total. The summed E-state index contributed by atoms with van der Waals surface area (Å²) in [5.41, 5.74) is 1.53. The Morgan fingerprint density at radius 1 is 0.829 bits per heavy atom. The number of hydrogen-bond acceptors (Lipinski definition) is 4.